The standard InChI is InChI=1S/C26H30BO.C4H11NO/c1-3-5-21-27(22-15-8-6-9-16-22,23-17-10-7-11-18-23)25-20-13-12-19-24(25)26(28)14-4-2;1-5(2)3-4-6/h6-13,15-20H,3-5,14,21H2,1-2H3;6H,3-4H2,1-2H3/q-1;/p+1. The molecule has 0 amide bonds. The molecule has 0 atom stereocenters. The number of carbonyl (C=O) groups is 1. The quantitative estimate of drug-likeness (QED) is 0.342. The lowest BCUT2D eigenvalue weighted by Crippen LogP contribution is -3.06. The molecule has 2 N–H and O–H groups in total. The third-order valence-electron chi connectivity index (χ3n) is 6.61. The first-order valence-electron chi connectivity index (χ1n) is 12.8. The largest absolute Gasteiger partial charge is 0.391 e. The Balaban J connectivity index is 0.000000604. The van der Waals surface area contributed by atoms with Gasteiger partial charge in [-0.15, -0.1) is 0 Å². The Hall–Kier alpha value is -2.69. The number of aliphatic hydroxyl groups is 1. The van der Waals surface area contributed by atoms with Crippen LogP contribution >= 0.6 is 0 Å². The molecule has 0 aliphatic rings. The maximum absolute atomic E-state index is 13.1. The van der Waals surface area contributed by atoms with Crippen LogP contribution in [0.2, 0.25) is 6.32 Å². The number of benzene rings is 3. The van der Waals surface area contributed by atoms with Gasteiger partial charge in [0.05, 0.1) is 26.8 Å². The minimum Gasteiger partial charge on any atom is -0.391 e. The van der Waals surface area contributed by atoms with Crippen molar-refractivity contribution in [1.82, 2.24) is 0 Å². The Morgan fingerprint density at radius 2 is 1.32 bits per heavy atom. The number of ketones is 1. The molecule has 0 fully saturated rings. The van der Waals surface area contributed by atoms with Gasteiger partial charge in [0, 0.05) is 6.42 Å². The van der Waals surface area contributed by atoms with Crippen molar-refractivity contribution < 1.29 is 14.8 Å². The molecule has 3 rings (SSSR count). The maximum atomic E-state index is 13.1. The van der Waals surface area contributed by atoms with E-state index in [1.54, 1.807) is 0 Å². The van der Waals surface area contributed by atoms with Crippen LogP contribution in [0.25, 0.3) is 0 Å². The van der Waals surface area contributed by atoms with Crippen LogP contribution in [0.5, 0.6) is 0 Å². The fourth-order valence-electron chi connectivity index (χ4n) is 4.88. The zero-order chi connectivity index (χ0) is 24.8. The number of rotatable bonds is 11. The molecular weight excluding hydrogens is 417 g/mol. The number of carbonyl (C=O) groups excluding carboxylic acids is 1. The first-order valence-corrected chi connectivity index (χ1v) is 12.8. The monoisotopic (exact) mass is 459 g/mol. The summed E-state index contributed by atoms with van der Waals surface area (Å²) < 4.78 is 0. The fourth-order valence-corrected chi connectivity index (χ4v) is 4.88. The van der Waals surface area contributed by atoms with Gasteiger partial charge in [0.1, 0.15) is 6.54 Å². The van der Waals surface area contributed by atoms with Gasteiger partial charge in [-0.2, -0.15) is 22.7 Å². The zero-order valence-corrected chi connectivity index (χ0v) is 21.5. The van der Waals surface area contributed by atoms with Crippen molar-refractivity contribution in [2.45, 2.75) is 45.9 Å². The summed E-state index contributed by atoms with van der Waals surface area (Å²) in [6.45, 7) is 5.46. The second-order valence-corrected chi connectivity index (χ2v) is 9.45. The Bertz CT molecular complexity index is 934. The summed E-state index contributed by atoms with van der Waals surface area (Å²) in [6.07, 6.45) is 3.56. The number of quaternary nitrogens is 1. The molecule has 0 heterocycles. The van der Waals surface area contributed by atoms with Gasteiger partial charge < -0.3 is 10.0 Å². The molecule has 0 aliphatic heterocycles. The molecule has 3 nitrogen and oxygen atoms in total. The second kappa shape index (κ2) is 14.5. The molecule has 34 heavy (non-hydrogen) atoms. The number of hydrogen-bond donors (Lipinski definition) is 2. The average molecular weight is 459 g/mol. The lowest BCUT2D eigenvalue weighted by molar-refractivity contribution is -0.858. The molecular formula is C30H42BNO2. The lowest BCUT2D eigenvalue weighted by atomic mass is 9.13. The molecule has 0 radical (unpaired) electrons. The van der Waals surface area contributed by atoms with E-state index in [0.717, 1.165) is 37.7 Å². The van der Waals surface area contributed by atoms with Gasteiger partial charge in [0.2, 0.25) is 0 Å². The predicted octanol–water partition coefficient (Wildman–Crippen LogP) is 3.06. The van der Waals surface area contributed by atoms with Crippen molar-refractivity contribution in [3.8, 4) is 0 Å². The van der Waals surface area contributed by atoms with Crippen molar-refractivity contribution in [3.63, 3.8) is 0 Å². The minimum absolute atomic E-state index is 0.257. The van der Waals surface area contributed by atoms with Crippen LogP contribution < -0.4 is 21.3 Å². The van der Waals surface area contributed by atoms with Gasteiger partial charge in [0.25, 0.3) is 0 Å². The molecule has 0 saturated carbocycles. The molecule has 0 unspecified atom stereocenters. The summed E-state index contributed by atoms with van der Waals surface area (Å²) in [7, 11) is 4.02. The molecule has 182 valence electrons. The summed E-state index contributed by atoms with van der Waals surface area (Å²) in [4.78, 5) is 14.3. The van der Waals surface area contributed by atoms with Crippen molar-refractivity contribution in [3.05, 3.63) is 90.5 Å². The van der Waals surface area contributed by atoms with E-state index in [4.69, 9.17) is 5.11 Å². The third kappa shape index (κ3) is 7.15. The van der Waals surface area contributed by atoms with E-state index in [9.17, 15) is 4.79 Å². The van der Waals surface area contributed by atoms with E-state index >= 15 is 0 Å². The van der Waals surface area contributed by atoms with Crippen LogP contribution in [0.15, 0.2) is 84.9 Å². The number of likely N-dealkylation sites (N-methyl/N-ethyl adjacent to an activating group) is 1. The number of unbranched alkanes of at least 4 members (excludes halogenated alkanes) is 1. The highest BCUT2D eigenvalue weighted by Crippen LogP contribution is 2.19. The van der Waals surface area contributed by atoms with E-state index < -0.39 is 6.15 Å². The number of hydrogen-bond acceptors (Lipinski definition) is 2. The van der Waals surface area contributed by atoms with E-state index in [0.29, 0.717) is 13.0 Å². The molecule has 3 aromatic carbocycles. The third-order valence-corrected chi connectivity index (χ3v) is 6.61. The summed E-state index contributed by atoms with van der Waals surface area (Å²) >= 11 is 0. The van der Waals surface area contributed by atoms with Crippen LogP contribution in [0.4, 0.5) is 0 Å². The molecule has 0 bridgehead atoms. The SMILES string of the molecule is CCCC[B-](c1ccccc1)(c1ccccc1)c1ccccc1C(=O)CCC.C[NH+](C)CCO. The molecule has 3 aromatic rings. The van der Waals surface area contributed by atoms with Crippen molar-refractivity contribution >= 4 is 28.3 Å². The van der Waals surface area contributed by atoms with Gasteiger partial charge in [-0.25, -0.2) is 0 Å². The van der Waals surface area contributed by atoms with E-state index in [1.807, 2.05) is 26.2 Å². The van der Waals surface area contributed by atoms with Gasteiger partial charge >= 0.3 is 0 Å². The number of aliphatic hydroxyl groups excluding tert-OH is 1. The molecule has 0 saturated heterocycles. The van der Waals surface area contributed by atoms with E-state index in [1.165, 1.54) is 21.3 Å². The molecule has 0 aromatic heterocycles. The van der Waals surface area contributed by atoms with Crippen LogP contribution in [-0.2, 0) is 0 Å². The van der Waals surface area contributed by atoms with E-state index in [-0.39, 0.29) is 5.78 Å². The highest BCUT2D eigenvalue weighted by molar-refractivity contribution is 7.12. The van der Waals surface area contributed by atoms with Gasteiger partial charge in [0.15, 0.2) is 5.78 Å². The average Bonchev–Trinajstić information content (AvgIpc) is 2.86. The Morgan fingerprint density at radius 3 is 1.76 bits per heavy atom. The van der Waals surface area contributed by atoms with E-state index in [2.05, 4.69) is 86.6 Å². The molecule has 4 heteroatoms. The van der Waals surface area contributed by atoms with Crippen LogP contribution in [0.3, 0.4) is 0 Å². The predicted molar refractivity (Wildman–Crippen MR) is 148 cm³/mol. The first kappa shape index (κ1) is 27.6. The highest BCUT2D eigenvalue weighted by atomic mass is 16.3. The normalized spacial score (nSPS) is 11.1. The van der Waals surface area contributed by atoms with Crippen molar-refractivity contribution in [1.29, 1.82) is 0 Å². The molecule has 0 aliphatic carbocycles. The minimum atomic E-state index is -1.21. The lowest BCUT2D eigenvalue weighted by Gasteiger charge is -2.44. The van der Waals surface area contributed by atoms with Crippen LogP contribution in [0.1, 0.15) is 49.9 Å². The van der Waals surface area contributed by atoms with Crippen molar-refractivity contribution in [2.75, 3.05) is 27.2 Å². The van der Waals surface area contributed by atoms with Crippen molar-refractivity contribution in [2.24, 2.45) is 0 Å². The Labute approximate surface area is 206 Å². The summed E-state index contributed by atoms with van der Waals surface area (Å²) in [6, 6.07) is 29.9. The maximum Gasteiger partial charge on any atom is 0.159 e. The van der Waals surface area contributed by atoms with Gasteiger partial charge in [-0.3, -0.25) is 4.79 Å². The van der Waals surface area contributed by atoms with Crippen LogP contribution in [-0.4, -0.2) is 44.3 Å². The molecule has 0 spiro atoms. The topological polar surface area (TPSA) is 41.7 Å². The number of Topliss-reactive ketones (excluding diaryl/α,β-unsaturated/α-hetero) is 1. The second-order valence-electron chi connectivity index (χ2n) is 9.45. The Morgan fingerprint density at radius 1 is 0.794 bits per heavy atom. The van der Waals surface area contributed by atoms with Gasteiger partial charge in [-0.1, -0.05) is 112 Å². The Kier molecular flexibility index (Phi) is 11.8. The fraction of sp³-hybridized carbons (Fsp3) is 0.367. The summed E-state index contributed by atoms with van der Waals surface area (Å²) in [5.74, 6) is 0.257. The smallest absolute Gasteiger partial charge is 0.159 e. The summed E-state index contributed by atoms with van der Waals surface area (Å²) in [5, 5.41) is 8.22. The summed E-state index contributed by atoms with van der Waals surface area (Å²) in [5.41, 5.74) is 4.73. The zero-order valence-electron chi connectivity index (χ0n) is 21.5. The highest BCUT2D eigenvalue weighted by Gasteiger charge is 2.31. The van der Waals surface area contributed by atoms with Gasteiger partial charge in [-0.05, 0) is 12.0 Å². The van der Waals surface area contributed by atoms with Crippen LogP contribution in [0, 0.1) is 0 Å². The number of nitrogens with one attached hydrogen (secondary N) is 1. The first-order chi connectivity index (χ1) is 16.5.